The molecule has 0 spiro atoms. The number of likely N-dealkylation sites (tertiary alicyclic amines) is 1. The normalized spacial score (nSPS) is 23.5. The fourth-order valence-corrected chi connectivity index (χ4v) is 3.11. The highest BCUT2D eigenvalue weighted by Gasteiger charge is 2.20. The Morgan fingerprint density at radius 2 is 2.19 bits per heavy atom. The van der Waals surface area contributed by atoms with Crippen molar-refractivity contribution in [3.8, 4) is 0 Å². The predicted octanol–water partition coefficient (Wildman–Crippen LogP) is -0.261. The quantitative estimate of drug-likeness (QED) is 0.680. The molecule has 1 aliphatic heterocycles. The summed E-state index contributed by atoms with van der Waals surface area (Å²) < 4.78 is 25.8. The molecular formula is C10H23N3O2S. The maximum Gasteiger partial charge on any atom is 0.211 e. The van der Waals surface area contributed by atoms with E-state index >= 15 is 0 Å². The van der Waals surface area contributed by atoms with Gasteiger partial charge in [-0.05, 0) is 39.4 Å². The third-order valence-electron chi connectivity index (χ3n) is 3.08. The minimum absolute atomic E-state index is 0.139. The average molecular weight is 249 g/mol. The SMILES string of the molecule is CN1CCCCC1CNS(=O)(=O)CCCN. The van der Waals surface area contributed by atoms with E-state index < -0.39 is 10.0 Å². The first-order chi connectivity index (χ1) is 7.55. The first-order valence-electron chi connectivity index (χ1n) is 5.93. The van der Waals surface area contributed by atoms with Gasteiger partial charge in [0.1, 0.15) is 0 Å². The first-order valence-corrected chi connectivity index (χ1v) is 7.58. The summed E-state index contributed by atoms with van der Waals surface area (Å²) in [5, 5.41) is 0. The number of nitrogens with one attached hydrogen (secondary N) is 1. The molecule has 1 fully saturated rings. The van der Waals surface area contributed by atoms with Crippen molar-refractivity contribution in [3.63, 3.8) is 0 Å². The lowest BCUT2D eigenvalue weighted by atomic mass is 10.0. The number of rotatable bonds is 6. The molecule has 1 unspecified atom stereocenters. The Kier molecular flexibility index (Phi) is 5.68. The van der Waals surface area contributed by atoms with Gasteiger partial charge in [0.2, 0.25) is 10.0 Å². The lowest BCUT2D eigenvalue weighted by molar-refractivity contribution is 0.187. The van der Waals surface area contributed by atoms with Crippen LogP contribution in [0.2, 0.25) is 0 Å². The highest BCUT2D eigenvalue weighted by Crippen LogP contribution is 2.14. The van der Waals surface area contributed by atoms with E-state index in [0.29, 0.717) is 25.6 Å². The monoisotopic (exact) mass is 249 g/mol. The number of hydrogen-bond donors (Lipinski definition) is 2. The first kappa shape index (κ1) is 13.9. The van der Waals surface area contributed by atoms with Crippen molar-refractivity contribution in [1.82, 2.24) is 9.62 Å². The van der Waals surface area contributed by atoms with Gasteiger partial charge in [0.05, 0.1) is 5.75 Å². The highest BCUT2D eigenvalue weighted by atomic mass is 32.2. The molecule has 0 aliphatic carbocycles. The van der Waals surface area contributed by atoms with Gasteiger partial charge in [-0.3, -0.25) is 0 Å². The Morgan fingerprint density at radius 1 is 1.44 bits per heavy atom. The molecule has 0 amide bonds. The molecule has 3 N–H and O–H groups in total. The molecule has 6 heteroatoms. The summed E-state index contributed by atoms with van der Waals surface area (Å²) >= 11 is 0. The van der Waals surface area contributed by atoms with Crippen LogP contribution in [-0.4, -0.2) is 51.8 Å². The highest BCUT2D eigenvalue weighted by molar-refractivity contribution is 7.89. The number of nitrogens with two attached hydrogens (primary N) is 1. The maximum atomic E-state index is 11.6. The summed E-state index contributed by atoms with van der Waals surface area (Å²) in [5.41, 5.74) is 5.30. The molecule has 0 aromatic heterocycles. The maximum absolute atomic E-state index is 11.6. The number of hydrogen-bond acceptors (Lipinski definition) is 4. The summed E-state index contributed by atoms with van der Waals surface area (Å²) in [6.07, 6.45) is 4.01. The van der Waals surface area contributed by atoms with E-state index in [1.807, 2.05) is 0 Å². The largest absolute Gasteiger partial charge is 0.330 e. The van der Waals surface area contributed by atoms with Crippen molar-refractivity contribution in [2.45, 2.75) is 31.7 Å². The van der Waals surface area contributed by atoms with Crippen molar-refractivity contribution in [2.24, 2.45) is 5.73 Å². The molecule has 96 valence electrons. The third-order valence-corrected chi connectivity index (χ3v) is 4.51. The molecule has 16 heavy (non-hydrogen) atoms. The van der Waals surface area contributed by atoms with Gasteiger partial charge in [-0.2, -0.15) is 0 Å². The van der Waals surface area contributed by atoms with Crippen molar-refractivity contribution < 1.29 is 8.42 Å². The predicted molar refractivity (Wildman–Crippen MR) is 65.7 cm³/mol. The zero-order valence-electron chi connectivity index (χ0n) is 9.98. The fraction of sp³-hybridized carbons (Fsp3) is 1.00. The van der Waals surface area contributed by atoms with Gasteiger partial charge in [-0.25, -0.2) is 13.1 Å². The zero-order valence-corrected chi connectivity index (χ0v) is 10.8. The van der Waals surface area contributed by atoms with E-state index in [2.05, 4.69) is 16.7 Å². The van der Waals surface area contributed by atoms with Gasteiger partial charge >= 0.3 is 0 Å². The van der Waals surface area contributed by atoms with Crippen molar-refractivity contribution >= 4 is 10.0 Å². The second kappa shape index (κ2) is 6.54. The van der Waals surface area contributed by atoms with Crippen LogP contribution in [0.15, 0.2) is 0 Å². The number of likely N-dealkylation sites (N-methyl/N-ethyl adjacent to an activating group) is 1. The van der Waals surface area contributed by atoms with Crippen LogP contribution in [0.3, 0.4) is 0 Å². The van der Waals surface area contributed by atoms with Crippen LogP contribution >= 0.6 is 0 Å². The smallest absolute Gasteiger partial charge is 0.211 e. The second-order valence-corrected chi connectivity index (χ2v) is 6.37. The van der Waals surface area contributed by atoms with Crippen molar-refractivity contribution in [2.75, 3.05) is 32.4 Å². The molecule has 0 bridgehead atoms. The van der Waals surface area contributed by atoms with Crippen LogP contribution in [0.5, 0.6) is 0 Å². The van der Waals surface area contributed by atoms with Crippen LogP contribution in [-0.2, 0) is 10.0 Å². The van der Waals surface area contributed by atoms with Gasteiger partial charge in [0, 0.05) is 12.6 Å². The molecule has 0 aromatic rings. The molecule has 1 aliphatic rings. The van der Waals surface area contributed by atoms with Crippen LogP contribution in [0.1, 0.15) is 25.7 Å². The van der Waals surface area contributed by atoms with Gasteiger partial charge in [-0.1, -0.05) is 6.42 Å². The molecule has 1 heterocycles. The van der Waals surface area contributed by atoms with E-state index in [4.69, 9.17) is 5.73 Å². The fourth-order valence-electron chi connectivity index (χ4n) is 1.97. The minimum Gasteiger partial charge on any atom is -0.330 e. The Labute approximate surface area is 98.4 Å². The van der Waals surface area contributed by atoms with E-state index in [9.17, 15) is 8.42 Å². The van der Waals surface area contributed by atoms with Gasteiger partial charge in [-0.15, -0.1) is 0 Å². The Bertz CT molecular complexity index is 292. The van der Waals surface area contributed by atoms with Gasteiger partial charge in [0.15, 0.2) is 0 Å². The van der Waals surface area contributed by atoms with E-state index in [-0.39, 0.29) is 5.75 Å². The van der Waals surface area contributed by atoms with Crippen LogP contribution in [0, 0.1) is 0 Å². The van der Waals surface area contributed by atoms with Crippen LogP contribution in [0.25, 0.3) is 0 Å². The molecule has 0 aromatic carbocycles. The average Bonchev–Trinajstić information content (AvgIpc) is 2.26. The van der Waals surface area contributed by atoms with E-state index in [0.717, 1.165) is 13.0 Å². The number of nitrogens with zero attached hydrogens (tertiary/aromatic N) is 1. The summed E-state index contributed by atoms with van der Waals surface area (Å²) in [7, 11) is -1.07. The van der Waals surface area contributed by atoms with Crippen molar-refractivity contribution in [1.29, 1.82) is 0 Å². The molecule has 1 rings (SSSR count). The lowest BCUT2D eigenvalue weighted by Crippen LogP contribution is -2.45. The molecule has 5 nitrogen and oxygen atoms in total. The van der Waals surface area contributed by atoms with E-state index in [1.54, 1.807) is 0 Å². The molecule has 1 atom stereocenters. The molecule has 0 radical (unpaired) electrons. The topological polar surface area (TPSA) is 75.4 Å². The second-order valence-electron chi connectivity index (χ2n) is 4.44. The van der Waals surface area contributed by atoms with Crippen molar-refractivity contribution in [3.05, 3.63) is 0 Å². The lowest BCUT2D eigenvalue weighted by Gasteiger charge is -2.32. The van der Waals surface area contributed by atoms with Gasteiger partial charge < -0.3 is 10.6 Å². The number of sulfonamides is 1. The molecule has 1 saturated heterocycles. The Hall–Kier alpha value is -0.170. The Balaban J connectivity index is 2.32. The minimum atomic E-state index is -3.12. The van der Waals surface area contributed by atoms with Crippen LogP contribution < -0.4 is 10.5 Å². The Morgan fingerprint density at radius 3 is 2.81 bits per heavy atom. The summed E-state index contributed by atoms with van der Waals surface area (Å²) in [5.74, 6) is 0.139. The summed E-state index contributed by atoms with van der Waals surface area (Å²) in [6.45, 7) is 2.02. The van der Waals surface area contributed by atoms with Gasteiger partial charge in [0.25, 0.3) is 0 Å². The molecule has 0 saturated carbocycles. The molecular weight excluding hydrogens is 226 g/mol. The zero-order chi connectivity index (χ0) is 12.0. The van der Waals surface area contributed by atoms with Crippen LogP contribution in [0.4, 0.5) is 0 Å². The third kappa shape index (κ3) is 4.78. The van der Waals surface area contributed by atoms with E-state index in [1.165, 1.54) is 12.8 Å². The standard InChI is InChI=1S/C10H23N3O2S/c1-13-7-3-2-5-10(13)9-12-16(14,15)8-4-6-11/h10,12H,2-9,11H2,1H3. The number of piperidine rings is 1. The summed E-state index contributed by atoms with van der Waals surface area (Å²) in [6, 6.07) is 0.349. The summed E-state index contributed by atoms with van der Waals surface area (Å²) in [4.78, 5) is 2.23.